The molecule has 76 valence electrons. The zero-order valence-corrected chi connectivity index (χ0v) is 8.88. The Morgan fingerprint density at radius 3 is 2.85 bits per heavy atom. The molecular formula is C11H21NO. The van der Waals surface area contributed by atoms with Crippen molar-refractivity contribution in [1.82, 2.24) is 4.90 Å². The SMILES string of the molecule is CCCCN(C)CC1CCCC1=O. The van der Waals surface area contributed by atoms with Crippen LogP contribution in [0.15, 0.2) is 0 Å². The second kappa shape index (κ2) is 5.38. The van der Waals surface area contributed by atoms with Crippen molar-refractivity contribution in [2.45, 2.75) is 39.0 Å². The predicted molar refractivity (Wildman–Crippen MR) is 54.8 cm³/mol. The van der Waals surface area contributed by atoms with Crippen LogP contribution in [0.3, 0.4) is 0 Å². The molecule has 1 aliphatic rings. The summed E-state index contributed by atoms with van der Waals surface area (Å²) in [4.78, 5) is 13.7. The summed E-state index contributed by atoms with van der Waals surface area (Å²) in [6.07, 6.45) is 5.55. The number of unbranched alkanes of at least 4 members (excludes halogenated alkanes) is 1. The normalized spacial score (nSPS) is 23.0. The van der Waals surface area contributed by atoms with Crippen LogP contribution in [-0.4, -0.2) is 30.8 Å². The Kier molecular flexibility index (Phi) is 4.43. The highest BCUT2D eigenvalue weighted by Gasteiger charge is 2.24. The van der Waals surface area contributed by atoms with E-state index in [2.05, 4.69) is 18.9 Å². The minimum Gasteiger partial charge on any atom is -0.306 e. The monoisotopic (exact) mass is 183 g/mol. The molecule has 0 amide bonds. The molecule has 2 nitrogen and oxygen atoms in total. The van der Waals surface area contributed by atoms with Gasteiger partial charge in [-0.05, 0) is 32.9 Å². The Morgan fingerprint density at radius 1 is 1.54 bits per heavy atom. The second-order valence-electron chi connectivity index (χ2n) is 4.17. The van der Waals surface area contributed by atoms with E-state index in [0.29, 0.717) is 11.7 Å². The summed E-state index contributed by atoms with van der Waals surface area (Å²) in [7, 11) is 2.13. The van der Waals surface area contributed by atoms with Crippen LogP contribution < -0.4 is 0 Å². The molecule has 1 rings (SSSR count). The third kappa shape index (κ3) is 3.47. The number of hydrogen-bond acceptors (Lipinski definition) is 2. The van der Waals surface area contributed by atoms with Crippen LogP contribution >= 0.6 is 0 Å². The highest BCUT2D eigenvalue weighted by molar-refractivity contribution is 5.83. The van der Waals surface area contributed by atoms with Gasteiger partial charge in [0.05, 0.1) is 0 Å². The second-order valence-corrected chi connectivity index (χ2v) is 4.17. The van der Waals surface area contributed by atoms with Crippen LogP contribution in [-0.2, 0) is 4.79 Å². The molecule has 1 aliphatic carbocycles. The first kappa shape index (κ1) is 10.7. The summed E-state index contributed by atoms with van der Waals surface area (Å²) >= 11 is 0. The minimum atomic E-state index is 0.349. The Hall–Kier alpha value is -0.370. The van der Waals surface area contributed by atoms with Crippen molar-refractivity contribution in [3.8, 4) is 0 Å². The molecule has 0 heterocycles. The number of carbonyl (C=O) groups is 1. The summed E-state index contributed by atoms with van der Waals surface area (Å²) in [5.41, 5.74) is 0. The maximum Gasteiger partial charge on any atom is 0.137 e. The fraction of sp³-hybridized carbons (Fsp3) is 0.909. The predicted octanol–water partition coefficient (Wildman–Crippen LogP) is 2.09. The first-order valence-corrected chi connectivity index (χ1v) is 5.45. The van der Waals surface area contributed by atoms with Crippen LogP contribution in [0, 0.1) is 5.92 Å². The fourth-order valence-corrected chi connectivity index (χ4v) is 1.98. The Bertz CT molecular complexity index is 167. The van der Waals surface area contributed by atoms with Gasteiger partial charge in [0.1, 0.15) is 5.78 Å². The van der Waals surface area contributed by atoms with Crippen LogP contribution in [0.25, 0.3) is 0 Å². The van der Waals surface area contributed by atoms with E-state index in [1.807, 2.05) is 0 Å². The topological polar surface area (TPSA) is 20.3 Å². The zero-order chi connectivity index (χ0) is 9.68. The average Bonchev–Trinajstić information content (AvgIpc) is 2.48. The van der Waals surface area contributed by atoms with Crippen molar-refractivity contribution in [3.63, 3.8) is 0 Å². The molecule has 1 saturated carbocycles. The van der Waals surface area contributed by atoms with Crippen molar-refractivity contribution in [1.29, 1.82) is 0 Å². The van der Waals surface area contributed by atoms with Gasteiger partial charge in [0.2, 0.25) is 0 Å². The van der Waals surface area contributed by atoms with Crippen LogP contribution in [0.4, 0.5) is 0 Å². The molecule has 0 bridgehead atoms. The molecule has 0 aliphatic heterocycles. The van der Waals surface area contributed by atoms with Gasteiger partial charge in [-0.15, -0.1) is 0 Å². The van der Waals surface area contributed by atoms with E-state index < -0.39 is 0 Å². The first-order valence-electron chi connectivity index (χ1n) is 5.45. The van der Waals surface area contributed by atoms with E-state index in [-0.39, 0.29) is 0 Å². The van der Waals surface area contributed by atoms with Crippen molar-refractivity contribution in [2.75, 3.05) is 20.1 Å². The summed E-state index contributed by atoms with van der Waals surface area (Å²) in [5.74, 6) is 0.838. The summed E-state index contributed by atoms with van der Waals surface area (Å²) in [6, 6.07) is 0. The van der Waals surface area contributed by atoms with Gasteiger partial charge in [0.25, 0.3) is 0 Å². The largest absolute Gasteiger partial charge is 0.306 e. The van der Waals surface area contributed by atoms with E-state index in [9.17, 15) is 4.79 Å². The van der Waals surface area contributed by atoms with Gasteiger partial charge < -0.3 is 4.90 Å². The number of Topliss-reactive ketones (excluding diaryl/α,β-unsaturated/α-hetero) is 1. The van der Waals surface area contributed by atoms with E-state index >= 15 is 0 Å². The summed E-state index contributed by atoms with van der Waals surface area (Å²) in [5, 5.41) is 0. The Labute approximate surface area is 81.3 Å². The van der Waals surface area contributed by atoms with Gasteiger partial charge in [-0.25, -0.2) is 0 Å². The Balaban J connectivity index is 2.19. The van der Waals surface area contributed by atoms with Gasteiger partial charge in [-0.1, -0.05) is 13.3 Å². The third-order valence-electron chi connectivity index (χ3n) is 2.86. The molecule has 13 heavy (non-hydrogen) atoms. The number of nitrogens with zero attached hydrogens (tertiary/aromatic N) is 1. The van der Waals surface area contributed by atoms with Gasteiger partial charge in [0, 0.05) is 18.9 Å². The highest BCUT2D eigenvalue weighted by Crippen LogP contribution is 2.21. The zero-order valence-electron chi connectivity index (χ0n) is 8.88. The Morgan fingerprint density at radius 2 is 2.31 bits per heavy atom. The molecule has 0 aromatic rings. The first-order chi connectivity index (χ1) is 6.24. The summed E-state index contributed by atoms with van der Waals surface area (Å²) in [6.45, 7) is 4.33. The van der Waals surface area contributed by atoms with Gasteiger partial charge in [-0.3, -0.25) is 4.79 Å². The number of carbonyl (C=O) groups excluding carboxylic acids is 1. The molecule has 0 aromatic heterocycles. The van der Waals surface area contributed by atoms with Crippen molar-refractivity contribution < 1.29 is 4.79 Å². The molecule has 1 unspecified atom stereocenters. The lowest BCUT2D eigenvalue weighted by Gasteiger charge is -2.19. The molecule has 0 spiro atoms. The van der Waals surface area contributed by atoms with E-state index in [0.717, 1.165) is 32.4 Å². The molecule has 0 N–H and O–H groups in total. The molecule has 1 fully saturated rings. The molecule has 1 atom stereocenters. The van der Waals surface area contributed by atoms with E-state index in [4.69, 9.17) is 0 Å². The summed E-state index contributed by atoms with van der Waals surface area (Å²) < 4.78 is 0. The number of hydrogen-bond donors (Lipinski definition) is 0. The standard InChI is InChI=1S/C11H21NO/c1-3-4-8-12(2)9-10-6-5-7-11(10)13/h10H,3-9H2,1-2H3. The quantitative estimate of drug-likeness (QED) is 0.650. The lowest BCUT2D eigenvalue weighted by molar-refractivity contribution is -0.121. The average molecular weight is 183 g/mol. The molecule has 0 radical (unpaired) electrons. The van der Waals surface area contributed by atoms with Crippen molar-refractivity contribution in [3.05, 3.63) is 0 Å². The van der Waals surface area contributed by atoms with Crippen molar-refractivity contribution >= 4 is 5.78 Å². The number of rotatable bonds is 5. The smallest absolute Gasteiger partial charge is 0.137 e. The maximum absolute atomic E-state index is 11.4. The van der Waals surface area contributed by atoms with E-state index in [1.54, 1.807) is 0 Å². The minimum absolute atomic E-state index is 0.349. The molecule has 0 aromatic carbocycles. The molecule has 0 saturated heterocycles. The highest BCUT2D eigenvalue weighted by atomic mass is 16.1. The van der Waals surface area contributed by atoms with Crippen LogP contribution in [0.5, 0.6) is 0 Å². The lowest BCUT2D eigenvalue weighted by Crippen LogP contribution is -2.28. The molecule has 2 heteroatoms. The van der Waals surface area contributed by atoms with Gasteiger partial charge >= 0.3 is 0 Å². The molecular weight excluding hydrogens is 162 g/mol. The van der Waals surface area contributed by atoms with Gasteiger partial charge in [0.15, 0.2) is 0 Å². The third-order valence-corrected chi connectivity index (χ3v) is 2.86. The van der Waals surface area contributed by atoms with Crippen LogP contribution in [0.1, 0.15) is 39.0 Å². The van der Waals surface area contributed by atoms with Crippen LogP contribution in [0.2, 0.25) is 0 Å². The number of ketones is 1. The van der Waals surface area contributed by atoms with E-state index in [1.165, 1.54) is 12.8 Å². The van der Waals surface area contributed by atoms with Gasteiger partial charge in [-0.2, -0.15) is 0 Å². The van der Waals surface area contributed by atoms with Crippen molar-refractivity contribution in [2.24, 2.45) is 5.92 Å². The lowest BCUT2D eigenvalue weighted by atomic mass is 10.1. The fourth-order valence-electron chi connectivity index (χ4n) is 1.98. The maximum atomic E-state index is 11.4.